The highest BCUT2D eigenvalue weighted by atomic mass is 16.5. The number of nitrogens with zero attached hydrogens (tertiary/aromatic N) is 2. The van der Waals surface area contributed by atoms with Gasteiger partial charge in [-0.05, 0) is 48.0 Å². The zero-order chi connectivity index (χ0) is 19.1. The number of anilines is 2. The number of carbonyl (C=O) groups is 1. The first-order chi connectivity index (χ1) is 13.2. The highest BCUT2D eigenvalue weighted by Gasteiger charge is 2.08. The molecule has 0 spiro atoms. The third kappa shape index (κ3) is 4.83. The molecule has 0 atom stereocenters. The van der Waals surface area contributed by atoms with Crippen LogP contribution < -0.4 is 15.4 Å². The van der Waals surface area contributed by atoms with Crippen LogP contribution in [0, 0.1) is 11.3 Å². The summed E-state index contributed by atoms with van der Waals surface area (Å²) in [5.74, 6) is 0.506. The lowest BCUT2D eigenvalue weighted by molar-refractivity contribution is 0.0946. The second-order valence-electron chi connectivity index (χ2n) is 5.78. The van der Waals surface area contributed by atoms with E-state index in [-0.39, 0.29) is 5.91 Å². The van der Waals surface area contributed by atoms with E-state index < -0.39 is 0 Å². The van der Waals surface area contributed by atoms with Crippen molar-refractivity contribution in [2.75, 3.05) is 12.4 Å². The van der Waals surface area contributed by atoms with E-state index in [0.29, 0.717) is 17.8 Å². The van der Waals surface area contributed by atoms with E-state index in [9.17, 15) is 4.79 Å². The first kappa shape index (κ1) is 18.0. The summed E-state index contributed by atoms with van der Waals surface area (Å²) in [6.45, 7) is 0.395. The minimum absolute atomic E-state index is 0.264. The van der Waals surface area contributed by atoms with Crippen molar-refractivity contribution in [3.63, 3.8) is 0 Å². The van der Waals surface area contributed by atoms with Crippen molar-refractivity contribution >= 4 is 17.3 Å². The molecule has 3 aromatic rings. The van der Waals surface area contributed by atoms with Crippen molar-refractivity contribution in [3.8, 4) is 11.8 Å². The number of hydrogen-bond donors (Lipinski definition) is 2. The molecule has 0 bridgehead atoms. The van der Waals surface area contributed by atoms with Crippen LogP contribution in [0.1, 0.15) is 21.6 Å². The molecule has 0 saturated heterocycles. The van der Waals surface area contributed by atoms with E-state index in [4.69, 9.17) is 10.00 Å². The largest absolute Gasteiger partial charge is 0.497 e. The summed E-state index contributed by atoms with van der Waals surface area (Å²) in [4.78, 5) is 16.5. The Morgan fingerprint density at radius 3 is 2.63 bits per heavy atom. The second kappa shape index (κ2) is 8.50. The fourth-order valence-corrected chi connectivity index (χ4v) is 2.48. The van der Waals surface area contributed by atoms with Gasteiger partial charge < -0.3 is 15.4 Å². The molecule has 0 aliphatic heterocycles. The molecule has 1 aromatic heterocycles. The molecule has 2 aromatic carbocycles. The fourth-order valence-electron chi connectivity index (χ4n) is 2.48. The van der Waals surface area contributed by atoms with Gasteiger partial charge in [-0.15, -0.1) is 0 Å². The lowest BCUT2D eigenvalue weighted by Crippen LogP contribution is -2.23. The van der Waals surface area contributed by atoms with Crippen LogP contribution in [0.15, 0.2) is 66.9 Å². The van der Waals surface area contributed by atoms with Gasteiger partial charge in [0.05, 0.1) is 18.7 Å². The Morgan fingerprint density at radius 2 is 1.89 bits per heavy atom. The maximum absolute atomic E-state index is 12.4. The number of ether oxygens (including phenoxy) is 1. The second-order valence-corrected chi connectivity index (χ2v) is 5.78. The number of aromatic nitrogens is 1. The average Bonchev–Trinajstić information content (AvgIpc) is 2.72. The van der Waals surface area contributed by atoms with E-state index in [0.717, 1.165) is 22.7 Å². The van der Waals surface area contributed by atoms with E-state index in [2.05, 4.69) is 21.7 Å². The predicted molar refractivity (Wildman–Crippen MR) is 103 cm³/mol. The summed E-state index contributed by atoms with van der Waals surface area (Å²) in [6.07, 6.45) is 1.57. The van der Waals surface area contributed by atoms with Crippen LogP contribution in [-0.2, 0) is 6.54 Å². The van der Waals surface area contributed by atoms with Gasteiger partial charge >= 0.3 is 0 Å². The van der Waals surface area contributed by atoms with Crippen LogP contribution in [0.5, 0.6) is 5.75 Å². The molecule has 0 unspecified atom stereocenters. The number of carbonyl (C=O) groups excluding carboxylic acids is 1. The third-order valence-corrected chi connectivity index (χ3v) is 3.89. The van der Waals surface area contributed by atoms with Crippen LogP contribution in [0.25, 0.3) is 0 Å². The zero-order valence-corrected chi connectivity index (χ0v) is 14.8. The topological polar surface area (TPSA) is 87.0 Å². The molecule has 0 radical (unpaired) electrons. The van der Waals surface area contributed by atoms with Crippen molar-refractivity contribution in [3.05, 3.63) is 83.7 Å². The molecular weight excluding hydrogens is 340 g/mol. The molecule has 134 valence electrons. The summed E-state index contributed by atoms with van der Waals surface area (Å²) < 4.78 is 5.12. The van der Waals surface area contributed by atoms with Crippen LogP contribution in [-0.4, -0.2) is 18.0 Å². The summed E-state index contributed by atoms with van der Waals surface area (Å²) in [6, 6.07) is 20.1. The van der Waals surface area contributed by atoms with Crippen molar-refractivity contribution in [1.29, 1.82) is 5.26 Å². The van der Waals surface area contributed by atoms with Gasteiger partial charge in [0, 0.05) is 24.1 Å². The van der Waals surface area contributed by atoms with Crippen molar-refractivity contribution in [2.45, 2.75) is 6.54 Å². The molecule has 2 N–H and O–H groups in total. The van der Waals surface area contributed by atoms with Crippen LogP contribution in [0.3, 0.4) is 0 Å². The van der Waals surface area contributed by atoms with E-state index in [1.165, 1.54) is 0 Å². The fraction of sp³-hybridized carbons (Fsp3) is 0.0952. The van der Waals surface area contributed by atoms with Gasteiger partial charge in [-0.1, -0.05) is 18.2 Å². The Labute approximate surface area is 157 Å². The zero-order valence-electron chi connectivity index (χ0n) is 14.8. The predicted octanol–water partition coefficient (Wildman–Crippen LogP) is 3.64. The van der Waals surface area contributed by atoms with Gasteiger partial charge in [-0.25, -0.2) is 0 Å². The molecular formula is C21H18N4O2. The minimum Gasteiger partial charge on any atom is -0.497 e. The standard InChI is InChI=1S/C21H18N4O2/c1-27-19-7-5-15(6-8-19)14-24-21(26)20-12-18(9-10-23-20)25-17-4-2-3-16(11-17)13-22/h2-12H,14H2,1H3,(H,23,25)(H,24,26). The van der Waals surface area contributed by atoms with E-state index in [1.807, 2.05) is 30.3 Å². The Kier molecular flexibility index (Phi) is 5.65. The molecule has 27 heavy (non-hydrogen) atoms. The van der Waals surface area contributed by atoms with Gasteiger partial charge in [0.2, 0.25) is 0 Å². The summed E-state index contributed by atoms with van der Waals surface area (Å²) in [5.41, 5.74) is 3.32. The smallest absolute Gasteiger partial charge is 0.270 e. The third-order valence-electron chi connectivity index (χ3n) is 3.89. The minimum atomic E-state index is -0.264. The molecule has 0 aliphatic rings. The van der Waals surface area contributed by atoms with Gasteiger partial charge in [0.25, 0.3) is 5.91 Å². The Balaban J connectivity index is 1.65. The molecule has 1 amide bonds. The van der Waals surface area contributed by atoms with Gasteiger partial charge in [0.15, 0.2) is 0 Å². The lowest BCUT2D eigenvalue weighted by atomic mass is 10.2. The summed E-state index contributed by atoms with van der Waals surface area (Å²) in [5, 5.41) is 15.0. The molecule has 0 saturated carbocycles. The Bertz CT molecular complexity index is 978. The highest BCUT2D eigenvalue weighted by Crippen LogP contribution is 2.18. The van der Waals surface area contributed by atoms with Gasteiger partial charge in [0.1, 0.15) is 11.4 Å². The first-order valence-corrected chi connectivity index (χ1v) is 8.32. The Morgan fingerprint density at radius 1 is 1.11 bits per heavy atom. The maximum atomic E-state index is 12.4. The number of nitrogens with one attached hydrogen (secondary N) is 2. The molecule has 3 rings (SSSR count). The Hall–Kier alpha value is -3.85. The monoisotopic (exact) mass is 358 g/mol. The summed E-state index contributed by atoms with van der Waals surface area (Å²) >= 11 is 0. The first-order valence-electron chi connectivity index (χ1n) is 8.32. The normalized spacial score (nSPS) is 9.93. The number of nitriles is 1. The van der Waals surface area contributed by atoms with Crippen molar-refractivity contribution < 1.29 is 9.53 Å². The molecule has 6 nitrogen and oxygen atoms in total. The highest BCUT2D eigenvalue weighted by molar-refractivity contribution is 5.93. The molecule has 6 heteroatoms. The number of benzene rings is 2. The number of methoxy groups -OCH3 is 1. The average molecular weight is 358 g/mol. The maximum Gasteiger partial charge on any atom is 0.270 e. The van der Waals surface area contributed by atoms with Crippen LogP contribution >= 0.6 is 0 Å². The SMILES string of the molecule is COc1ccc(CNC(=O)c2cc(Nc3cccc(C#N)c3)ccn2)cc1. The number of pyridine rings is 1. The van der Waals surface area contributed by atoms with Crippen molar-refractivity contribution in [2.24, 2.45) is 0 Å². The van der Waals surface area contributed by atoms with Crippen LogP contribution in [0.2, 0.25) is 0 Å². The molecule has 1 heterocycles. The number of amides is 1. The number of hydrogen-bond acceptors (Lipinski definition) is 5. The van der Waals surface area contributed by atoms with E-state index in [1.54, 1.807) is 43.6 Å². The van der Waals surface area contributed by atoms with Crippen LogP contribution in [0.4, 0.5) is 11.4 Å². The van der Waals surface area contributed by atoms with Crippen molar-refractivity contribution in [1.82, 2.24) is 10.3 Å². The van der Waals surface area contributed by atoms with E-state index >= 15 is 0 Å². The summed E-state index contributed by atoms with van der Waals surface area (Å²) in [7, 11) is 1.61. The lowest BCUT2D eigenvalue weighted by Gasteiger charge is -2.09. The van der Waals surface area contributed by atoms with Gasteiger partial charge in [-0.3, -0.25) is 9.78 Å². The number of rotatable bonds is 6. The van der Waals surface area contributed by atoms with Gasteiger partial charge in [-0.2, -0.15) is 5.26 Å². The molecule has 0 fully saturated rings. The molecule has 0 aliphatic carbocycles. The quantitative estimate of drug-likeness (QED) is 0.702.